The standard InChI is InChI=1S/C12H9ClN2/c13-11-6-4-10(5-7-11)9-15-12-3-1-2-8-14-12/h1-9H. The summed E-state index contributed by atoms with van der Waals surface area (Å²) in [6.45, 7) is 0. The third kappa shape index (κ3) is 2.89. The molecule has 15 heavy (non-hydrogen) atoms. The summed E-state index contributed by atoms with van der Waals surface area (Å²) in [6, 6.07) is 13.1. The lowest BCUT2D eigenvalue weighted by Crippen LogP contribution is -1.79. The molecule has 0 fully saturated rings. The Bertz CT molecular complexity index is 449. The van der Waals surface area contributed by atoms with Gasteiger partial charge in [-0.1, -0.05) is 29.8 Å². The van der Waals surface area contributed by atoms with Gasteiger partial charge in [-0.25, -0.2) is 9.98 Å². The summed E-state index contributed by atoms with van der Waals surface area (Å²) in [5.74, 6) is 0.701. The molecule has 2 aromatic rings. The molecule has 0 spiro atoms. The summed E-state index contributed by atoms with van der Waals surface area (Å²) >= 11 is 5.77. The van der Waals surface area contributed by atoms with E-state index in [0.29, 0.717) is 5.82 Å². The van der Waals surface area contributed by atoms with E-state index in [2.05, 4.69) is 9.98 Å². The highest BCUT2D eigenvalue weighted by atomic mass is 35.5. The number of pyridine rings is 1. The molecule has 0 aliphatic rings. The second-order valence-electron chi connectivity index (χ2n) is 3.00. The summed E-state index contributed by atoms with van der Waals surface area (Å²) < 4.78 is 0. The Labute approximate surface area is 93.3 Å². The molecule has 3 heteroatoms. The number of hydrogen-bond donors (Lipinski definition) is 0. The molecule has 0 unspecified atom stereocenters. The quantitative estimate of drug-likeness (QED) is 0.706. The minimum Gasteiger partial charge on any atom is -0.237 e. The predicted molar refractivity (Wildman–Crippen MR) is 62.9 cm³/mol. The van der Waals surface area contributed by atoms with Crippen molar-refractivity contribution >= 4 is 23.6 Å². The Kier molecular flexibility index (Phi) is 3.10. The Morgan fingerprint density at radius 2 is 1.87 bits per heavy atom. The summed E-state index contributed by atoms with van der Waals surface area (Å²) in [6.07, 6.45) is 3.48. The van der Waals surface area contributed by atoms with Crippen molar-refractivity contribution in [1.82, 2.24) is 4.98 Å². The van der Waals surface area contributed by atoms with Gasteiger partial charge in [-0.15, -0.1) is 0 Å². The lowest BCUT2D eigenvalue weighted by molar-refractivity contribution is 1.28. The number of hydrogen-bond acceptors (Lipinski definition) is 2. The molecule has 0 N–H and O–H groups in total. The molecule has 2 rings (SSSR count). The van der Waals surface area contributed by atoms with E-state index in [1.807, 2.05) is 42.5 Å². The van der Waals surface area contributed by atoms with Crippen molar-refractivity contribution in [2.45, 2.75) is 0 Å². The normalized spacial score (nSPS) is 10.7. The van der Waals surface area contributed by atoms with Crippen molar-refractivity contribution in [3.63, 3.8) is 0 Å². The molecular formula is C12H9ClN2. The van der Waals surface area contributed by atoms with E-state index in [4.69, 9.17) is 11.6 Å². The van der Waals surface area contributed by atoms with Crippen molar-refractivity contribution in [3.8, 4) is 0 Å². The average molecular weight is 217 g/mol. The first-order chi connectivity index (χ1) is 7.34. The topological polar surface area (TPSA) is 25.2 Å². The molecule has 1 aromatic carbocycles. The first-order valence-electron chi connectivity index (χ1n) is 4.55. The van der Waals surface area contributed by atoms with E-state index in [9.17, 15) is 0 Å². The molecule has 2 nitrogen and oxygen atoms in total. The molecule has 1 aromatic heterocycles. The average Bonchev–Trinajstić information content (AvgIpc) is 2.30. The van der Waals surface area contributed by atoms with Gasteiger partial charge in [-0.2, -0.15) is 0 Å². The van der Waals surface area contributed by atoms with Crippen LogP contribution in [0, 0.1) is 0 Å². The molecule has 0 aliphatic heterocycles. The minimum atomic E-state index is 0.701. The second kappa shape index (κ2) is 4.71. The fourth-order valence-corrected chi connectivity index (χ4v) is 1.25. The second-order valence-corrected chi connectivity index (χ2v) is 3.43. The summed E-state index contributed by atoms with van der Waals surface area (Å²) in [4.78, 5) is 8.31. The Balaban J connectivity index is 2.15. The summed E-state index contributed by atoms with van der Waals surface area (Å²) in [5, 5.41) is 0.727. The number of benzene rings is 1. The maximum Gasteiger partial charge on any atom is 0.151 e. The smallest absolute Gasteiger partial charge is 0.151 e. The van der Waals surface area contributed by atoms with E-state index < -0.39 is 0 Å². The predicted octanol–water partition coefficient (Wildman–Crippen LogP) is 3.49. The van der Waals surface area contributed by atoms with Gasteiger partial charge in [0.25, 0.3) is 0 Å². The Morgan fingerprint density at radius 1 is 1.07 bits per heavy atom. The van der Waals surface area contributed by atoms with Crippen LogP contribution in [0.2, 0.25) is 5.02 Å². The molecule has 0 bridgehead atoms. The van der Waals surface area contributed by atoms with Crippen molar-refractivity contribution in [1.29, 1.82) is 0 Å². The molecule has 0 radical (unpaired) electrons. The minimum absolute atomic E-state index is 0.701. The zero-order valence-electron chi connectivity index (χ0n) is 7.97. The first kappa shape index (κ1) is 9.87. The van der Waals surface area contributed by atoms with Gasteiger partial charge in [0, 0.05) is 17.4 Å². The fraction of sp³-hybridized carbons (Fsp3) is 0. The molecule has 0 amide bonds. The van der Waals surface area contributed by atoms with Gasteiger partial charge >= 0.3 is 0 Å². The molecule has 74 valence electrons. The number of nitrogens with zero attached hydrogens (tertiary/aromatic N) is 2. The van der Waals surface area contributed by atoms with Crippen molar-refractivity contribution < 1.29 is 0 Å². The highest BCUT2D eigenvalue weighted by Crippen LogP contribution is 2.09. The van der Waals surface area contributed by atoms with Crippen LogP contribution in [0.5, 0.6) is 0 Å². The van der Waals surface area contributed by atoms with Crippen LogP contribution in [0.1, 0.15) is 5.56 Å². The molecule has 0 saturated carbocycles. The Morgan fingerprint density at radius 3 is 2.53 bits per heavy atom. The van der Waals surface area contributed by atoms with E-state index in [1.54, 1.807) is 12.4 Å². The summed E-state index contributed by atoms with van der Waals surface area (Å²) in [5.41, 5.74) is 1.00. The molecule has 0 saturated heterocycles. The zero-order valence-corrected chi connectivity index (χ0v) is 8.72. The SMILES string of the molecule is Clc1ccc(C=Nc2ccccn2)cc1. The van der Waals surface area contributed by atoms with Gasteiger partial charge in [0.1, 0.15) is 0 Å². The number of rotatable bonds is 2. The van der Waals surface area contributed by atoms with Gasteiger partial charge in [-0.05, 0) is 29.8 Å². The highest BCUT2D eigenvalue weighted by Gasteiger charge is 1.89. The van der Waals surface area contributed by atoms with Gasteiger partial charge in [0.05, 0.1) is 0 Å². The van der Waals surface area contributed by atoms with Gasteiger partial charge < -0.3 is 0 Å². The largest absolute Gasteiger partial charge is 0.237 e. The van der Waals surface area contributed by atoms with Crippen LogP contribution < -0.4 is 0 Å². The number of halogens is 1. The maximum absolute atomic E-state index is 5.77. The van der Waals surface area contributed by atoms with Gasteiger partial charge in [0.2, 0.25) is 0 Å². The van der Waals surface area contributed by atoms with Crippen molar-refractivity contribution in [3.05, 3.63) is 59.2 Å². The van der Waals surface area contributed by atoms with E-state index in [0.717, 1.165) is 10.6 Å². The van der Waals surface area contributed by atoms with Crippen LogP contribution in [0.4, 0.5) is 5.82 Å². The van der Waals surface area contributed by atoms with Gasteiger partial charge in [-0.3, -0.25) is 0 Å². The molecular weight excluding hydrogens is 208 g/mol. The third-order valence-corrected chi connectivity index (χ3v) is 2.12. The lowest BCUT2D eigenvalue weighted by Gasteiger charge is -1.93. The lowest BCUT2D eigenvalue weighted by atomic mass is 10.2. The van der Waals surface area contributed by atoms with Gasteiger partial charge in [0.15, 0.2) is 5.82 Å². The molecule has 0 atom stereocenters. The zero-order chi connectivity index (χ0) is 10.5. The monoisotopic (exact) mass is 216 g/mol. The Hall–Kier alpha value is -1.67. The fourth-order valence-electron chi connectivity index (χ4n) is 1.12. The molecule has 1 heterocycles. The maximum atomic E-state index is 5.77. The van der Waals surface area contributed by atoms with E-state index in [1.165, 1.54) is 0 Å². The van der Waals surface area contributed by atoms with Crippen LogP contribution in [0.3, 0.4) is 0 Å². The van der Waals surface area contributed by atoms with E-state index >= 15 is 0 Å². The number of aliphatic imine (C=N–C) groups is 1. The van der Waals surface area contributed by atoms with Crippen LogP contribution in [-0.2, 0) is 0 Å². The van der Waals surface area contributed by atoms with Crippen molar-refractivity contribution in [2.24, 2.45) is 4.99 Å². The summed E-state index contributed by atoms with van der Waals surface area (Å²) in [7, 11) is 0. The number of aromatic nitrogens is 1. The van der Waals surface area contributed by atoms with Crippen molar-refractivity contribution in [2.75, 3.05) is 0 Å². The third-order valence-electron chi connectivity index (χ3n) is 1.87. The van der Waals surface area contributed by atoms with Crippen LogP contribution in [-0.4, -0.2) is 11.2 Å². The highest BCUT2D eigenvalue weighted by molar-refractivity contribution is 6.30. The van der Waals surface area contributed by atoms with E-state index in [-0.39, 0.29) is 0 Å². The van der Waals surface area contributed by atoms with Crippen LogP contribution in [0.25, 0.3) is 0 Å². The van der Waals surface area contributed by atoms with Crippen LogP contribution in [0.15, 0.2) is 53.7 Å². The van der Waals surface area contributed by atoms with Crippen LogP contribution >= 0.6 is 11.6 Å². The molecule has 0 aliphatic carbocycles. The first-order valence-corrected chi connectivity index (χ1v) is 4.93.